The zero-order chi connectivity index (χ0) is 13.5. The molecule has 0 bridgehead atoms. The number of rotatable bonds is 7. The van der Waals surface area contributed by atoms with Gasteiger partial charge in [-0.1, -0.05) is 18.2 Å². The highest BCUT2D eigenvalue weighted by atomic mass is 19.3. The van der Waals surface area contributed by atoms with Crippen LogP contribution in [0.5, 0.6) is 0 Å². The van der Waals surface area contributed by atoms with Gasteiger partial charge in [0.25, 0.3) is 6.43 Å². The number of alkyl halides is 2. The van der Waals surface area contributed by atoms with Crippen LogP contribution < -0.4 is 0 Å². The lowest BCUT2D eigenvalue weighted by atomic mass is 10.1. The second-order valence-corrected chi connectivity index (χ2v) is 4.28. The van der Waals surface area contributed by atoms with Gasteiger partial charge in [-0.3, -0.25) is 4.79 Å². The highest BCUT2D eigenvalue weighted by Crippen LogP contribution is 2.19. The van der Waals surface area contributed by atoms with E-state index in [-0.39, 0.29) is 12.0 Å². The number of carbonyl (C=O) groups is 1. The summed E-state index contributed by atoms with van der Waals surface area (Å²) in [5.74, 6) is -0.817. The van der Waals surface area contributed by atoms with Crippen LogP contribution in [-0.2, 0) is 11.3 Å². The molecule has 5 heteroatoms. The molecule has 1 aromatic carbocycles. The predicted octanol–water partition coefficient (Wildman–Crippen LogP) is 2.92. The number of carboxylic acid groups (broad SMARTS) is 1. The van der Waals surface area contributed by atoms with Gasteiger partial charge in [-0.05, 0) is 31.6 Å². The molecule has 1 rings (SSSR count). The topological polar surface area (TPSA) is 40.5 Å². The lowest BCUT2D eigenvalue weighted by Crippen LogP contribution is -2.19. The summed E-state index contributed by atoms with van der Waals surface area (Å²) < 4.78 is 25.0. The number of aliphatic carboxylic acids is 1. The van der Waals surface area contributed by atoms with Gasteiger partial charge in [-0.15, -0.1) is 0 Å². The van der Waals surface area contributed by atoms with Crippen molar-refractivity contribution in [3.63, 3.8) is 0 Å². The molecule has 0 aliphatic carbocycles. The summed E-state index contributed by atoms with van der Waals surface area (Å²) in [7, 11) is 1.84. The van der Waals surface area contributed by atoms with Gasteiger partial charge in [0.15, 0.2) is 0 Å². The summed E-state index contributed by atoms with van der Waals surface area (Å²) in [4.78, 5) is 12.3. The van der Waals surface area contributed by atoms with Crippen LogP contribution in [0, 0.1) is 0 Å². The molecule has 18 heavy (non-hydrogen) atoms. The van der Waals surface area contributed by atoms with Crippen molar-refractivity contribution >= 4 is 5.97 Å². The molecule has 0 aliphatic rings. The summed E-state index contributed by atoms with van der Waals surface area (Å²) in [6, 6.07) is 6.29. The molecule has 1 N–H and O–H groups in total. The Hall–Kier alpha value is -1.49. The Morgan fingerprint density at radius 1 is 1.44 bits per heavy atom. The molecule has 1 aromatic rings. The molecule has 0 amide bonds. The quantitative estimate of drug-likeness (QED) is 0.816. The van der Waals surface area contributed by atoms with Gasteiger partial charge in [0.2, 0.25) is 0 Å². The summed E-state index contributed by atoms with van der Waals surface area (Å²) in [6.07, 6.45) is -1.77. The summed E-state index contributed by atoms with van der Waals surface area (Å²) in [5, 5.41) is 8.51. The van der Waals surface area contributed by atoms with Crippen LogP contribution in [0.25, 0.3) is 0 Å². The minimum Gasteiger partial charge on any atom is -0.481 e. The van der Waals surface area contributed by atoms with E-state index in [4.69, 9.17) is 5.11 Å². The van der Waals surface area contributed by atoms with Crippen LogP contribution in [0.3, 0.4) is 0 Å². The van der Waals surface area contributed by atoms with E-state index in [0.29, 0.717) is 19.5 Å². The number of halogens is 2. The average Bonchev–Trinajstić information content (AvgIpc) is 2.28. The zero-order valence-corrected chi connectivity index (χ0v) is 10.3. The van der Waals surface area contributed by atoms with Crippen molar-refractivity contribution in [2.24, 2.45) is 0 Å². The number of benzene rings is 1. The Labute approximate surface area is 105 Å². The van der Waals surface area contributed by atoms with E-state index in [1.807, 2.05) is 11.9 Å². The molecule has 0 saturated heterocycles. The smallest absolute Gasteiger partial charge is 0.303 e. The Balaban J connectivity index is 2.46. The normalized spacial score (nSPS) is 11.2. The predicted molar refractivity (Wildman–Crippen MR) is 64.6 cm³/mol. The van der Waals surface area contributed by atoms with Crippen LogP contribution >= 0.6 is 0 Å². The average molecular weight is 257 g/mol. The first-order chi connectivity index (χ1) is 8.49. The minimum atomic E-state index is -2.46. The highest BCUT2D eigenvalue weighted by molar-refractivity contribution is 5.66. The fraction of sp³-hybridized carbons (Fsp3) is 0.462. The summed E-state index contributed by atoms with van der Waals surface area (Å²) in [5.41, 5.74) is 0.831. The second kappa shape index (κ2) is 7.06. The Kier molecular flexibility index (Phi) is 5.71. The van der Waals surface area contributed by atoms with E-state index in [0.717, 1.165) is 5.56 Å². The third-order valence-corrected chi connectivity index (χ3v) is 2.59. The van der Waals surface area contributed by atoms with Crippen LogP contribution in [0.2, 0.25) is 0 Å². The fourth-order valence-electron chi connectivity index (χ4n) is 1.72. The van der Waals surface area contributed by atoms with E-state index in [2.05, 4.69) is 0 Å². The highest BCUT2D eigenvalue weighted by Gasteiger charge is 2.08. The summed E-state index contributed by atoms with van der Waals surface area (Å²) in [6.45, 7) is 1.17. The van der Waals surface area contributed by atoms with E-state index >= 15 is 0 Å². The maximum absolute atomic E-state index is 12.5. The van der Waals surface area contributed by atoms with E-state index < -0.39 is 12.4 Å². The van der Waals surface area contributed by atoms with Gasteiger partial charge in [0.1, 0.15) is 0 Å². The van der Waals surface area contributed by atoms with Crippen molar-refractivity contribution in [1.82, 2.24) is 4.90 Å². The van der Waals surface area contributed by atoms with E-state index in [1.165, 1.54) is 12.1 Å². The number of carboxylic acids is 1. The monoisotopic (exact) mass is 257 g/mol. The van der Waals surface area contributed by atoms with Crippen LogP contribution in [-0.4, -0.2) is 29.6 Å². The number of hydrogen-bond donors (Lipinski definition) is 1. The van der Waals surface area contributed by atoms with Crippen molar-refractivity contribution in [2.75, 3.05) is 13.6 Å². The van der Waals surface area contributed by atoms with E-state index in [9.17, 15) is 13.6 Å². The SMILES string of the molecule is CN(CCCC(=O)O)Cc1cccc(C(F)F)c1. The van der Waals surface area contributed by atoms with Gasteiger partial charge in [0.05, 0.1) is 0 Å². The third kappa shape index (κ3) is 5.23. The molecule has 0 spiro atoms. The molecule has 0 heterocycles. The fourth-order valence-corrected chi connectivity index (χ4v) is 1.72. The molecule has 0 aromatic heterocycles. The zero-order valence-electron chi connectivity index (χ0n) is 10.3. The molecule has 0 radical (unpaired) electrons. The van der Waals surface area contributed by atoms with Crippen LogP contribution in [0.15, 0.2) is 24.3 Å². The minimum absolute atomic E-state index is 0.0198. The molecular formula is C13H17F2NO2. The van der Waals surface area contributed by atoms with Crippen molar-refractivity contribution < 1.29 is 18.7 Å². The Bertz CT molecular complexity index is 396. The van der Waals surface area contributed by atoms with Gasteiger partial charge in [-0.2, -0.15) is 0 Å². The second-order valence-electron chi connectivity index (χ2n) is 4.28. The standard InChI is InChI=1S/C13H17F2NO2/c1-16(7-3-6-12(17)18)9-10-4-2-5-11(8-10)13(14)15/h2,4-5,8,13H,3,6-7,9H2,1H3,(H,17,18). The maximum atomic E-state index is 12.5. The van der Waals surface area contributed by atoms with Gasteiger partial charge >= 0.3 is 5.97 Å². The molecular weight excluding hydrogens is 240 g/mol. The van der Waals surface area contributed by atoms with Gasteiger partial charge in [-0.25, -0.2) is 8.78 Å². The molecule has 3 nitrogen and oxygen atoms in total. The first-order valence-corrected chi connectivity index (χ1v) is 5.76. The van der Waals surface area contributed by atoms with E-state index in [1.54, 1.807) is 12.1 Å². The Morgan fingerprint density at radius 3 is 2.78 bits per heavy atom. The third-order valence-electron chi connectivity index (χ3n) is 2.59. The largest absolute Gasteiger partial charge is 0.481 e. The Morgan fingerprint density at radius 2 is 2.17 bits per heavy atom. The van der Waals surface area contributed by atoms with Crippen molar-refractivity contribution in [2.45, 2.75) is 25.8 Å². The van der Waals surface area contributed by atoms with Crippen molar-refractivity contribution in [3.8, 4) is 0 Å². The number of hydrogen-bond acceptors (Lipinski definition) is 2. The van der Waals surface area contributed by atoms with Gasteiger partial charge < -0.3 is 10.0 Å². The summed E-state index contributed by atoms with van der Waals surface area (Å²) >= 11 is 0. The van der Waals surface area contributed by atoms with Crippen molar-refractivity contribution in [1.29, 1.82) is 0 Å². The molecule has 0 fully saturated rings. The molecule has 0 atom stereocenters. The first kappa shape index (κ1) is 14.6. The van der Waals surface area contributed by atoms with Crippen molar-refractivity contribution in [3.05, 3.63) is 35.4 Å². The number of nitrogens with zero attached hydrogens (tertiary/aromatic N) is 1. The van der Waals surface area contributed by atoms with Crippen LogP contribution in [0.4, 0.5) is 8.78 Å². The lowest BCUT2D eigenvalue weighted by molar-refractivity contribution is -0.137. The first-order valence-electron chi connectivity index (χ1n) is 5.76. The van der Waals surface area contributed by atoms with Gasteiger partial charge in [0, 0.05) is 18.5 Å². The molecule has 0 aliphatic heterocycles. The maximum Gasteiger partial charge on any atom is 0.303 e. The lowest BCUT2D eigenvalue weighted by Gasteiger charge is -2.16. The molecule has 0 unspecified atom stereocenters. The van der Waals surface area contributed by atoms with Crippen LogP contribution in [0.1, 0.15) is 30.4 Å². The molecule has 0 saturated carbocycles. The molecule has 100 valence electrons.